The van der Waals surface area contributed by atoms with Gasteiger partial charge in [0.15, 0.2) is 0 Å². The van der Waals surface area contributed by atoms with Crippen molar-refractivity contribution in [2.24, 2.45) is 0 Å². The van der Waals surface area contributed by atoms with Crippen molar-refractivity contribution in [1.29, 1.82) is 0 Å². The molecule has 2 aromatic heterocycles. The SMILES string of the molecule is COC(=O)c1cccn1C1CCN(C(=O)c2sccc2S(=O)(=O)N2CCCC2)CC1. The van der Waals surface area contributed by atoms with E-state index < -0.39 is 10.0 Å². The first-order chi connectivity index (χ1) is 14.4. The Morgan fingerprint density at radius 3 is 2.47 bits per heavy atom. The minimum Gasteiger partial charge on any atom is -0.464 e. The number of esters is 1. The second kappa shape index (κ2) is 8.52. The van der Waals surface area contributed by atoms with Crippen LogP contribution in [0.4, 0.5) is 0 Å². The van der Waals surface area contributed by atoms with Crippen molar-refractivity contribution in [2.45, 2.75) is 36.6 Å². The summed E-state index contributed by atoms with van der Waals surface area (Å²) in [5.41, 5.74) is 0.500. The van der Waals surface area contributed by atoms with Crippen LogP contribution in [0.25, 0.3) is 0 Å². The Hall–Kier alpha value is -2.17. The molecule has 4 rings (SSSR count). The van der Waals surface area contributed by atoms with Gasteiger partial charge in [-0.25, -0.2) is 13.2 Å². The van der Waals surface area contributed by atoms with E-state index in [9.17, 15) is 18.0 Å². The zero-order valence-corrected chi connectivity index (χ0v) is 18.5. The predicted octanol–water partition coefficient (Wildman–Crippen LogP) is 2.60. The number of amides is 1. The number of rotatable bonds is 5. The lowest BCUT2D eigenvalue weighted by atomic mass is 10.0. The fourth-order valence-electron chi connectivity index (χ4n) is 4.20. The van der Waals surface area contributed by atoms with Gasteiger partial charge in [-0.05, 0) is 49.3 Å². The molecule has 2 aliphatic heterocycles. The predicted molar refractivity (Wildman–Crippen MR) is 112 cm³/mol. The van der Waals surface area contributed by atoms with Gasteiger partial charge in [0, 0.05) is 38.4 Å². The van der Waals surface area contributed by atoms with Gasteiger partial charge in [0.2, 0.25) is 10.0 Å². The lowest BCUT2D eigenvalue weighted by Crippen LogP contribution is -2.40. The quantitative estimate of drug-likeness (QED) is 0.652. The Kier molecular flexibility index (Phi) is 5.99. The van der Waals surface area contributed by atoms with Gasteiger partial charge in [-0.3, -0.25) is 4.79 Å². The number of thiophene rings is 1. The summed E-state index contributed by atoms with van der Waals surface area (Å²) in [4.78, 5) is 27.2. The molecule has 2 fully saturated rings. The van der Waals surface area contributed by atoms with Crippen LogP contribution < -0.4 is 0 Å². The number of likely N-dealkylation sites (tertiary alicyclic amines) is 1. The van der Waals surface area contributed by atoms with Gasteiger partial charge in [-0.2, -0.15) is 4.31 Å². The largest absolute Gasteiger partial charge is 0.464 e. The Bertz CT molecular complexity index is 1030. The minimum atomic E-state index is -3.63. The summed E-state index contributed by atoms with van der Waals surface area (Å²) in [6, 6.07) is 5.17. The number of hydrogen-bond acceptors (Lipinski definition) is 6. The summed E-state index contributed by atoms with van der Waals surface area (Å²) in [6.07, 6.45) is 4.93. The highest BCUT2D eigenvalue weighted by atomic mass is 32.2. The Balaban J connectivity index is 1.47. The molecule has 0 unspecified atom stereocenters. The van der Waals surface area contributed by atoms with Crippen LogP contribution in [-0.4, -0.2) is 67.4 Å². The third-order valence-electron chi connectivity index (χ3n) is 5.82. The van der Waals surface area contributed by atoms with Gasteiger partial charge < -0.3 is 14.2 Å². The first-order valence-corrected chi connectivity index (χ1v) is 12.4. The molecular weight excluding hydrogens is 426 g/mol. The van der Waals surface area contributed by atoms with Crippen LogP contribution in [-0.2, 0) is 14.8 Å². The summed E-state index contributed by atoms with van der Waals surface area (Å²) < 4.78 is 34.1. The van der Waals surface area contributed by atoms with Crippen LogP contribution >= 0.6 is 11.3 Å². The van der Waals surface area contributed by atoms with E-state index in [4.69, 9.17) is 4.74 Å². The van der Waals surface area contributed by atoms with E-state index in [2.05, 4.69) is 0 Å². The summed E-state index contributed by atoms with van der Waals surface area (Å²) in [5, 5.41) is 1.67. The number of hydrogen-bond donors (Lipinski definition) is 0. The Labute approximate surface area is 180 Å². The first-order valence-electron chi connectivity index (χ1n) is 10.1. The van der Waals surface area contributed by atoms with Gasteiger partial charge in [-0.15, -0.1) is 11.3 Å². The van der Waals surface area contributed by atoms with Crippen molar-refractivity contribution < 1.29 is 22.7 Å². The zero-order chi connectivity index (χ0) is 21.3. The zero-order valence-electron chi connectivity index (χ0n) is 16.8. The van der Waals surface area contributed by atoms with Gasteiger partial charge in [0.05, 0.1) is 7.11 Å². The fourth-order valence-corrected chi connectivity index (χ4v) is 7.08. The first kappa shape index (κ1) is 21.1. The molecule has 0 spiro atoms. The van der Waals surface area contributed by atoms with Gasteiger partial charge in [-0.1, -0.05) is 0 Å². The lowest BCUT2D eigenvalue weighted by molar-refractivity contribution is 0.0573. The second-order valence-corrected chi connectivity index (χ2v) is 10.4. The smallest absolute Gasteiger partial charge is 0.354 e. The number of piperidine rings is 1. The Morgan fingerprint density at radius 2 is 1.80 bits per heavy atom. The molecule has 2 aromatic rings. The average molecular weight is 452 g/mol. The van der Waals surface area contributed by atoms with Crippen LogP contribution in [0.1, 0.15) is 51.9 Å². The van der Waals surface area contributed by atoms with Gasteiger partial charge >= 0.3 is 5.97 Å². The van der Waals surface area contributed by atoms with Crippen LogP contribution in [0, 0.1) is 0 Å². The van der Waals surface area contributed by atoms with Crippen LogP contribution in [0.5, 0.6) is 0 Å². The monoisotopic (exact) mass is 451 g/mol. The third kappa shape index (κ3) is 3.79. The van der Waals surface area contributed by atoms with Gasteiger partial charge in [0.25, 0.3) is 5.91 Å². The molecule has 1 amide bonds. The highest BCUT2D eigenvalue weighted by Crippen LogP contribution is 2.31. The summed E-state index contributed by atoms with van der Waals surface area (Å²) in [5.74, 6) is -0.615. The third-order valence-corrected chi connectivity index (χ3v) is 8.80. The molecule has 0 bridgehead atoms. The normalized spacial score (nSPS) is 18.6. The molecule has 162 valence electrons. The van der Waals surface area contributed by atoms with Crippen LogP contribution in [0.2, 0.25) is 0 Å². The number of methoxy groups -OCH3 is 1. The maximum Gasteiger partial charge on any atom is 0.354 e. The van der Waals surface area contributed by atoms with E-state index in [1.54, 1.807) is 22.4 Å². The maximum absolute atomic E-state index is 13.1. The van der Waals surface area contributed by atoms with Crippen molar-refractivity contribution >= 4 is 33.2 Å². The summed E-state index contributed by atoms with van der Waals surface area (Å²) in [6.45, 7) is 2.03. The number of nitrogens with zero attached hydrogens (tertiary/aromatic N) is 3. The minimum absolute atomic E-state index is 0.0919. The molecule has 0 aromatic carbocycles. The van der Waals surface area contributed by atoms with Crippen molar-refractivity contribution in [2.75, 3.05) is 33.3 Å². The summed E-state index contributed by atoms with van der Waals surface area (Å²) in [7, 11) is -2.28. The molecule has 10 heteroatoms. The Morgan fingerprint density at radius 1 is 1.10 bits per heavy atom. The molecule has 30 heavy (non-hydrogen) atoms. The molecule has 0 saturated carbocycles. The number of carbonyl (C=O) groups is 2. The molecule has 0 aliphatic carbocycles. The number of ether oxygens (including phenoxy) is 1. The number of sulfonamides is 1. The molecular formula is C20H25N3O5S2. The maximum atomic E-state index is 13.1. The van der Waals surface area contributed by atoms with E-state index in [1.807, 2.05) is 16.8 Å². The second-order valence-electron chi connectivity index (χ2n) is 7.54. The van der Waals surface area contributed by atoms with Crippen molar-refractivity contribution in [3.05, 3.63) is 40.3 Å². The van der Waals surface area contributed by atoms with Crippen LogP contribution in [0.15, 0.2) is 34.7 Å². The fraction of sp³-hybridized carbons (Fsp3) is 0.500. The van der Waals surface area contributed by atoms with E-state index >= 15 is 0 Å². The summed E-state index contributed by atoms with van der Waals surface area (Å²) >= 11 is 1.18. The van der Waals surface area contributed by atoms with Crippen molar-refractivity contribution in [3.8, 4) is 0 Å². The molecule has 0 atom stereocenters. The number of carbonyl (C=O) groups excluding carboxylic acids is 2. The molecule has 0 N–H and O–H groups in total. The average Bonchev–Trinajstić information content (AvgIpc) is 3.53. The van der Waals surface area contributed by atoms with E-state index in [0.717, 1.165) is 12.8 Å². The molecule has 0 radical (unpaired) electrons. The van der Waals surface area contributed by atoms with E-state index in [1.165, 1.54) is 22.8 Å². The van der Waals surface area contributed by atoms with Crippen molar-refractivity contribution in [3.63, 3.8) is 0 Å². The molecule has 2 aliphatic rings. The molecule has 8 nitrogen and oxygen atoms in total. The van der Waals surface area contributed by atoms with E-state index in [0.29, 0.717) is 44.7 Å². The van der Waals surface area contributed by atoms with Crippen molar-refractivity contribution in [1.82, 2.24) is 13.8 Å². The highest BCUT2D eigenvalue weighted by Gasteiger charge is 2.34. The standard InChI is InChI=1S/C20H25N3O5S2/c1-28-20(25)16-5-4-11-23(16)15-6-12-21(13-7-15)19(24)18-17(8-14-29-18)30(26,27)22-9-2-3-10-22/h4-5,8,11,14-15H,2-3,6-7,9-10,12-13H2,1H3. The molecule has 4 heterocycles. The van der Waals surface area contributed by atoms with Crippen LogP contribution in [0.3, 0.4) is 0 Å². The number of aromatic nitrogens is 1. The lowest BCUT2D eigenvalue weighted by Gasteiger charge is -2.33. The van der Waals surface area contributed by atoms with Gasteiger partial charge in [0.1, 0.15) is 15.5 Å². The molecule has 2 saturated heterocycles. The highest BCUT2D eigenvalue weighted by molar-refractivity contribution is 7.89. The topological polar surface area (TPSA) is 88.9 Å². The van der Waals surface area contributed by atoms with E-state index in [-0.39, 0.29) is 27.7 Å².